The molecule has 0 aromatic rings. The van der Waals surface area contributed by atoms with E-state index >= 15 is 0 Å². The first-order valence-electron chi connectivity index (χ1n) is 10.7. The summed E-state index contributed by atoms with van der Waals surface area (Å²) in [5, 5.41) is 19.9. The number of aliphatic hydroxyl groups excluding tert-OH is 2. The molecule has 3 saturated carbocycles. The Labute approximate surface area is 164 Å². The van der Waals surface area contributed by atoms with Crippen LogP contribution in [0.3, 0.4) is 0 Å². The summed E-state index contributed by atoms with van der Waals surface area (Å²) in [5.74, 6) is 1.63. The number of allylic oxidation sites excluding steroid dienone is 3. The van der Waals surface area contributed by atoms with Gasteiger partial charge in [0, 0.05) is 20.1 Å². The molecule has 2 N–H and O–H groups in total. The van der Waals surface area contributed by atoms with Crippen molar-refractivity contribution >= 4 is 0 Å². The van der Waals surface area contributed by atoms with E-state index in [1.54, 1.807) is 19.8 Å². The van der Waals surface area contributed by atoms with E-state index in [1.165, 1.54) is 37.7 Å². The predicted octanol–water partition coefficient (Wildman–Crippen LogP) is 4.22. The summed E-state index contributed by atoms with van der Waals surface area (Å²) < 4.78 is 11.2. The van der Waals surface area contributed by atoms with Gasteiger partial charge in [0.2, 0.25) is 0 Å². The van der Waals surface area contributed by atoms with Crippen LogP contribution >= 0.6 is 0 Å². The lowest BCUT2D eigenvalue weighted by Gasteiger charge is -2.45. The van der Waals surface area contributed by atoms with Crippen molar-refractivity contribution in [2.75, 3.05) is 14.2 Å². The molecule has 3 aliphatic rings. The molecule has 3 rings (SSSR count). The first-order valence-corrected chi connectivity index (χ1v) is 10.7. The summed E-state index contributed by atoms with van der Waals surface area (Å²) >= 11 is 0. The molecule has 154 valence electrons. The second kappa shape index (κ2) is 8.77. The molecule has 3 aliphatic carbocycles. The van der Waals surface area contributed by atoms with Gasteiger partial charge in [-0.2, -0.15) is 0 Å². The summed E-state index contributed by atoms with van der Waals surface area (Å²) in [6.07, 6.45) is 11.7. The highest BCUT2D eigenvalue weighted by molar-refractivity contribution is 5.26. The zero-order chi connectivity index (χ0) is 19.6. The monoisotopic (exact) mass is 378 g/mol. The van der Waals surface area contributed by atoms with Gasteiger partial charge in [0.25, 0.3) is 0 Å². The number of methoxy groups -OCH3 is 2. The Morgan fingerprint density at radius 1 is 1.07 bits per heavy atom. The van der Waals surface area contributed by atoms with Gasteiger partial charge in [-0.25, -0.2) is 0 Å². The normalized spacial score (nSPS) is 39.7. The molecule has 0 radical (unpaired) electrons. The van der Waals surface area contributed by atoms with Crippen molar-refractivity contribution in [3.63, 3.8) is 0 Å². The van der Waals surface area contributed by atoms with E-state index in [9.17, 15) is 10.2 Å². The highest BCUT2D eigenvalue weighted by atomic mass is 16.7. The molecule has 0 aromatic heterocycles. The molecule has 0 saturated heterocycles. The summed E-state index contributed by atoms with van der Waals surface area (Å²) in [4.78, 5) is 0. The van der Waals surface area contributed by atoms with E-state index in [1.807, 2.05) is 0 Å². The molecule has 0 unspecified atom stereocenters. The third-order valence-electron chi connectivity index (χ3n) is 7.64. The zero-order valence-corrected chi connectivity index (χ0v) is 17.5. The van der Waals surface area contributed by atoms with Crippen LogP contribution in [0.25, 0.3) is 0 Å². The summed E-state index contributed by atoms with van der Waals surface area (Å²) in [5.41, 5.74) is 3.05. The van der Waals surface area contributed by atoms with Crippen LogP contribution in [0.5, 0.6) is 0 Å². The Kier molecular flexibility index (Phi) is 6.83. The first-order chi connectivity index (χ1) is 12.9. The standard InChI is InChI=1S/C23H38O4/c1-15(22(26-3)27-4)20-9-10-21-17(6-5-11-23(20,21)2)8-7-16-12-18(24)14-19(25)13-16/h7-8,15,18-22,24-25H,5-6,9-14H2,1-4H3/b17-8+/t15-,18+,19+,20+,21-,23+/m0/s1. The first kappa shape index (κ1) is 21.0. The third kappa shape index (κ3) is 4.34. The van der Waals surface area contributed by atoms with E-state index in [-0.39, 0.29) is 6.29 Å². The maximum Gasteiger partial charge on any atom is 0.159 e. The van der Waals surface area contributed by atoms with Crippen molar-refractivity contribution in [3.8, 4) is 0 Å². The average molecular weight is 379 g/mol. The van der Waals surface area contributed by atoms with Crippen molar-refractivity contribution in [2.24, 2.45) is 23.2 Å². The fraction of sp³-hybridized carbons (Fsp3) is 0.826. The quantitative estimate of drug-likeness (QED) is 0.704. The van der Waals surface area contributed by atoms with Gasteiger partial charge in [-0.1, -0.05) is 37.1 Å². The maximum atomic E-state index is 9.93. The van der Waals surface area contributed by atoms with Gasteiger partial charge in [-0.15, -0.1) is 0 Å². The predicted molar refractivity (Wildman–Crippen MR) is 107 cm³/mol. The largest absolute Gasteiger partial charge is 0.393 e. The van der Waals surface area contributed by atoms with Crippen molar-refractivity contribution in [1.82, 2.24) is 0 Å². The third-order valence-corrected chi connectivity index (χ3v) is 7.64. The molecule has 4 nitrogen and oxygen atoms in total. The lowest BCUT2D eigenvalue weighted by Crippen LogP contribution is -2.40. The van der Waals surface area contributed by atoms with Gasteiger partial charge in [0.1, 0.15) is 0 Å². The van der Waals surface area contributed by atoms with Crippen LogP contribution in [0.1, 0.15) is 65.2 Å². The molecule has 0 bridgehead atoms. The van der Waals surface area contributed by atoms with Crippen molar-refractivity contribution in [2.45, 2.75) is 83.7 Å². The summed E-state index contributed by atoms with van der Waals surface area (Å²) in [6, 6.07) is 0. The lowest BCUT2D eigenvalue weighted by molar-refractivity contribution is -0.155. The maximum absolute atomic E-state index is 9.93. The van der Waals surface area contributed by atoms with Gasteiger partial charge < -0.3 is 19.7 Å². The number of hydrogen-bond donors (Lipinski definition) is 2. The second-order valence-corrected chi connectivity index (χ2v) is 9.31. The van der Waals surface area contributed by atoms with Gasteiger partial charge in [0.15, 0.2) is 6.29 Å². The molecule has 0 spiro atoms. The molecule has 27 heavy (non-hydrogen) atoms. The number of rotatable bonds is 5. The number of ether oxygens (including phenoxy) is 2. The van der Waals surface area contributed by atoms with Crippen LogP contribution < -0.4 is 0 Å². The SMILES string of the molecule is COC(OC)[C@@H](C)[C@H]1CC[C@H]2/C(=C/C=C3C[C@@H](O)C[C@H](O)C3)CCC[C@]12C. The van der Waals surface area contributed by atoms with Crippen LogP contribution in [0.2, 0.25) is 0 Å². The van der Waals surface area contributed by atoms with Crippen molar-refractivity contribution in [1.29, 1.82) is 0 Å². The van der Waals surface area contributed by atoms with Crippen LogP contribution in [0.15, 0.2) is 23.3 Å². The highest BCUT2D eigenvalue weighted by Crippen LogP contribution is 2.59. The van der Waals surface area contributed by atoms with Crippen molar-refractivity contribution < 1.29 is 19.7 Å². The molecule has 3 fully saturated rings. The Morgan fingerprint density at radius 2 is 1.74 bits per heavy atom. The van der Waals surface area contributed by atoms with E-state index in [2.05, 4.69) is 26.0 Å². The van der Waals surface area contributed by atoms with E-state index in [0.29, 0.717) is 42.4 Å². The Balaban J connectivity index is 1.77. The molecule has 0 heterocycles. The Bertz CT molecular complexity index is 553. The van der Waals surface area contributed by atoms with Crippen LogP contribution in [0, 0.1) is 23.2 Å². The molecular weight excluding hydrogens is 340 g/mol. The smallest absolute Gasteiger partial charge is 0.159 e. The molecule has 0 amide bonds. The highest BCUT2D eigenvalue weighted by Gasteiger charge is 2.52. The molecule has 6 atom stereocenters. The van der Waals surface area contributed by atoms with Crippen LogP contribution in [-0.4, -0.2) is 42.9 Å². The fourth-order valence-corrected chi connectivity index (χ4v) is 6.39. The Morgan fingerprint density at radius 3 is 2.37 bits per heavy atom. The van der Waals surface area contributed by atoms with Crippen LogP contribution in [-0.2, 0) is 9.47 Å². The van der Waals surface area contributed by atoms with Gasteiger partial charge in [0.05, 0.1) is 12.2 Å². The minimum atomic E-state index is -0.397. The zero-order valence-electron chi connectivity index (χ0n) is 17.5. The molecule has 0 aromatic carbocycles. The van der Waals surface area contributed by atoms with Gasteiger partial charge >= 0.3 is 0 Å². The van der Waals surface area contributed by atoms with Crippen molar-refractivity contribution in [3.05, 3.63) is 23.3 Å². The minimum Gasteiger partial charge on any atom is -0.393 e. The number of hydrogen-bond acceptors (Lipinski definition) is 4. The minimum absolute atomic E-state index is 0.132. The average Bonchev–Trinajstić information content (AvgIpc) is 2.97. The molecule has 4 heteroatoms. The van der Waals surface area contributed by atoms with E-state index in [0.717, 1.165) is 0 Å². The van der Waals surface area contributed by atoms with E-state index < -0.39 is 12.2 Å². The molecular formula is C23H38O4. The Hall–Kier alpha value is -0.680. The fourth-order valence-electron chi connectivity index (χ4n) is 6.39. The molecule has 0 aliphatic heterocycles. The van der Waals surface area contributed by atoms with Gasteiger partial charge in [-0.3, -0.25) is 0 Å². The summed E-state index contributed by atoms with van der Waals surface area (Å²) in [6.45, 7) is 4.75. The van der Waals surface area contributed by atoms with Crippen LogP contribution in [0.4, 0.5) is 0 Å². The topological polar surface area (TPSA) is 58.9 Å². The van der Waals surface area contributed by atoms with Gasteiger partial charge in [-0.05, 0) is 68.6 Å². The number of fused-ring (bicyclic) bond motifs is 1. The van der Waals surface area contributed by atoms with E-state index in [4.69, 9.17) is 9.47 Å². The number of aliphatic hydroxyl groups is 2. The second-order valence-electron chi connectivity index (χ2n) is 9.31. The summed E-state index contributed by atoms with van der Waals surface area (Å²) in [7, 11) is 3.48. The lowest BCUT2D eigenvalue weighted by atomic mass is 9.61.